The average molecular weight is 255 g/mol. The van der Waals surface area contributed by atoms with Crippen molar-refractivity contribution < 1.29 is 4.74 Å². The molecule has 5 heteroatoms. The minimum atomic E-state index is -0.180. The molecule has 1 N–H and O–H groups in total. The van der Waals surface area contributed by atoms with E-state index in [0.29, 0.717) is 21.1 Å². The molecule has 0 amide bonds. The summed E-state index contributed by atoms with van der Waals surface area (Å²) < 4.78 is 5.71. The third kappa shape index (κ3) is 1.29. The highest BCUT2D eigenvalue weighted by atomic mass is 79.9. The van der Waals surface area contributed by atoms with E-state index in [1.54, 1.807) is 19.2 Å². The standard InChI is InChI=1S/C9H7BrN2O2/c1-14-6-3-2-5-7(8(6)10)9(13)12-4-11-5/h2-4H,1H3,(H,11,12,13). The second-order valence-electron chi connectivity index (χ2n) is 2.71. The van der Waals surface area contributed by atoms with Crippen LogP contribution < -0.4 is 10.3 Å². The maximum absolute atomic E-state index is 11.5. The quantitative estimate of drug-likeness (QED) is 0.843. The minimum absolute atomic E-state index is 0.180. The van der Waals surface area contributed by atoms with E-state index in [0.717, 1.165) is 0 Å². The van der Waals surface area contributed by atoms with E-state index in [2.05, 4.69) is 25.9 Å². The number of aromatic nitrogens is 2. The number of aromatic amines is 1. The second-order valence-corrected chi connectivity index (χ2v) is 3.50. The van der Waals surface area contributed by atoms with Crippen molar-refractivity contribution in [1.29, 1.82) is 0 Å². The van der Waals surface area contributed by atoms with Gasteiger partial charge in [-0.1, -0.05) is 0 Å². The van der Waals surface area contributed by atoms with Crippen LogP contribution in [0.2, 0.25) is 0 Å². The van der Waals surface area contributed by atoms with Gasteiger partial charge in [-0.3, -0.25) is 4.79 Å². The van der Waals surface area contributed by atoms with Gasteiger partial charge in [0.2, 0.25) is 0 Å². The minimum Gasteiger partial charge on any atom is -0.496 e. The molecule has 0 saturated carbocycles. The van der Waals surface area contributed by atoms with Crippen LogP contribution in [0.1, 0.15) is 0 Å². The summed E-state index contributed by atoms with van der Waals surface area (Å²) in [5.74, 6) is 0.621. The zero-order chi connectivity index (χ0) is 10.1. The highest BCUT2D eigenvalue weighted by Gasteiger charge is 2.08. The molecule has 0 radical (unpaired) electrons. The topological polar surface area (TPSA) is 55.0 Å². The van der Waals surface area contributed by atoms with E-state index in [1.807, 2.05) is 0 Å². The Kier molecular flexibility index (Phi) is 2.25. The Hall–Kier alpha value is -1.36. The highest BCUT2D eigenvalue weighted by molar-refractivity contribution is 9.10. The molecule has 0 fully saturated rings. The number of methoxy groups -OCH3 is 1. The SMILES string of the molecule is COc1ccc2nc[nH]c(=O)c2c1Br. The maximum atomic E-state index is 11.5. The van der Waals surface area contributed by atoms with Crippen LogP contribution in [0.25, 0.3) is 10.9 Å². The Bertz CT molecular complexity index is 536. The predicted octanol–water partition coefficient (Wildman–Crippen LogP) is 1.69. The van der Waals surface area contributed by atoms with Crippen molar-refractivity contribution >= 4 is 26.8 Å². The van der Waals surface area contributed by atoms with Gasteiger partial charge in [0.1, 0.15) is 5.75 Å². The third-order valence-corrected chi connectivity index (χ3v) is 2.72. The number of halogens is 1. The van der Waals surface area contributed by atoms with E-state index in [4.69, 9.17) is 4.74 Å². The number of fused-ring (bicyclic) bond motifs is 1. The predicted molar refractivity (Wildman–Crippen MR) is 56.6 cm³/mol. The van der Waals surface area contributed by atoms with Crippen LogP contribution in [0.3, 0.4) is 0 Å². The first-order valence-electron chi connectivity index (χ1n) is 3.94. The Labute approximate surface area is 88.1 Å². The van der Waals surface area contributed by atoms with Gasteiger partial charge in [-0.25, -0.2) is 4.98 Å². The Morgan fingerprint density at radius 1 is 1.50 bits per heavy atom. The van der Waals surface area contributed by atoms with Crippen LogP contribution in [0, 0.1) is 0 Å². The van der Waals surface area contributed by atoms with Crippen LogP contribution in [0.15, 0.2) is 27.7 Å². The smallest absolute Gasteiger partial charge is 0.259 e. The summed E-state index contributed by atoms with van der Waals surface area (Å²) in [6.45, 7) is 0. The molecule has 4 nitrogen and oxygen atoms in total. The molecule has 0 spiro atoms. The van der Waals surface area contributed by atoms with Gasteiger partial charge < -0.3 is 9.72 Å². The molecular weight excluding hydrogens is 248 g/mol. The first-order chi connectivity index (χ1) is 6.74. The van der Waals surface area contributed by atoms with Crippen LogP contribution in [-0.4, -0.2) is 17.1 Å². The van der Waals surface area contributed by atoms with Crippen molar-refractivity contribution in [2.75, 3.05) is 7.11 Å². The van der Waals surface area contributed by atoms with Crippen molar-refractivity contribution in [3.05, 3.63) is 33.3 Å². The second kappa shape index (κ2) is 3.42. The number of hydrogen-bond donors (Lipinski definition) is 1. The molecule has 2 aromatic rings. The van der Waals surface area contributed by atoms with Crippen molar-refractivity contribution in [3.8, 4) is 5.75 Å². The molecule has 1 aromatic heterocycles. The molecule has 0 aliphatic heterocycles. The van der Waals surface area contributed by atoms with E-state index in [1.165, 1.54) is 6.33 Å². The number of nitrogens with one attached hydrogen (secondary N) is 1. The molecule has 0 saturated heterocycles. The summed E-state index contributed by atoms with van der Waals surface area (Å²) in [5, 5.41) is 0.506. The molecule has 14 heavy (non-hydrogen) atoms. The van der Waals surface area contributed by atoms with Crippen LogP contribution in [0.4, 0.5) is 0 Å². The van der Waals surface area contributed by atoms with Gasteiger partial charge in [-0.2, -0.15) is 0 Å². The Morgan fingerprint density at radius 2 is 2.29 bits per heavy atom. The molecule has 2 rings (SSSR count). The number of hydrogen-bond acceptors (Lipinski definition) is 3. The fourth-order valence-corrected chi connectivity index (χ4v) is 1.94. The van der Waals surface area contributed by atoms with Gasteiger partial charge in [0, 0.05) is 0 Å². The van der Waals surface area contributed by atoms with E-state index >= 15 is 0 Å². The first-order valence-corrected chi connectivity index (χ1v) is 4.73. The van der Waals surface area contributed by atoms with Crippen molar-refractivity contribution in [2.45, 2.75) is 0 Å². The summed E-state index contributed by atoms with van der Waals surface area (Å²) >= 11 is 3.31. The maximum Gasteiger partial charge on any atom is 0.259 e. The fraction of sp³-hybridized carbons (Fsp3) is 0.111. The fourth-order valence-electron chi connectivity index (χ4n) is 1.26. The summed E-state index contributed by atoms with van der Waals surface area (Å²) in [4.78, 5) is 18.0. The van der Waals surface area contributed by atoms with Gasteiger partial charge in [0.15, 0.2) is 0 Å². The lowest BCUT2D eigenvalue weighted by molar-refractivity contribution is 0.413. The number of nitrogens with zero attached hydrogens (tertiary/aromatic N) is 1. The molecule has 72 valence electrons. The lowest BCUT2D eigenvalue weighted by atomic mass is 10.2. The van der Waals surface area contributed by atoms with E-state index in [-0.39, 0.29) is 5.56 Å². The number of rotatable bonds is 1. The zero-order valence-corrected chi connectivity index (χ0v) is 8.96. The van der Waals surface area contributed by atoms with Crippen LogP contribution >= 0.6 is 15.9 Å². The van der Waals surface area contributed by atoms with E-state index in [9.17, 15) is 4.79 Å². The first kappa shape index (κ1) is 9.21. The van der Waals surface area contributed by atoms with Gasteiger partial charge in [0.05, 0.1) is 28.8 Å². The molecule has 0 bridgehead atoms. The third-order valence-electron chi connectivity index (χ3n) is 1.93. The van der Waals surface area contributed by atoms with Gasteiger partial charge >= 0.3 is 0 Å². The van der Waals surface area contributed by atoms with Gasteiger partial charge in [-0.05, 0) is 28.1 Å². The molecule has 0 unspecified atom stereocenters. The van der Waals surface area contributed by atoms with Crippen molar-refractivity contribution in [1.82, 2.24) is 9.97 Å². The van der Waals surface area contributed by atoms with Crippen molar-refractivity contribution in [2.24, 2.45) is 0 Å². The molecule has 0 aliphatic rings. The Balaban J connectivity index is 2.94. The summed E-state index contributed by atoms with van der Waals surface area (Å²) in [6.07, 6.45) is 1.38. The largest absolute Gasteiger partial charge is 0.496 e. The van der Waals surface area contributed by atoms with Crippen molar-refractivity contribution in [3.63, 3.8) is 0 Å². The Morgan fingerprint density at radius 3 is 3.00 bits per heavy atom. The number of benzene rings is 1. The summed E-state index contributed by atoms with van der Waals surface area (Å²) in [7, 11) is 1.55. The molecular formula is C9H7BrN2O2. The zero-order valence-electron chi connectivity index (χ0n) is 7.37. The highest BCUT2D eigenvalue weighted by Crippen LogP contribution is 2.29. The van der Waals surface area contributed by atoms with E-state index < -0.39 is 0 Å². The molecule has 1 aromatic carbocycles. The van der Waals surface area contributed by atoms with Crippen LogP contribution in [0.5, 0.6) is 5.75 Å². The normalized spacial score (nSPS) is 10.4. The lowest BCUT2D eigenvalue weighted by Crippen LogP contribution is -2.07. The number of ether oxygens (including phenoxy) is 1. The molecule has 1 heterocycles. The monoisotopic (exact) mass is 254 g/mol. The number of H-pyrrole nitrogens is 1. The lowest BCUT2D eigenvalue weighted by Gasteiger charge is -2.04. The van der Waals surface area contributed by atoms with Crippen LogP contribution in [-0.2, 0) is 0 Å². The molecule has 0 aliphatic carbocycles. The summed E-state index contributed by atoms with van der Waals surface area (Å²) in [6, 6.07) is 3.51. The van der Waals surface area contributed by atoms with Gasteiger partial charge in [-0.15, -0.1) is 0 Å². The summed E-state index contributed by atoms with van der Waals surface area (Å²) in [5.41, 5.74) is 0.460. The van der Waals surface area contributed by atoms with Gasteiger partial charge in [0.25, 0.3) is 5.56 Å². The average Bonchev–Trinajstić information content (AvgIpc) is 2.18. The molecule has 0 atom stereocenters.